The van der Waals surface area contributed by atoms with Gasteiger partial charge in [-0.2, -0.15) is 0 Å². The summed E-state index contributed by atoms with van der Waals surface area (Å²) in [6.07, 6.45) is 0.807. The van der Waals surface area contributed by atoms with Gasteiger partial charge in [0.05, 0.1) is 30.5 Å². The third-order valence-corrected chi connectivity index (χ3v) is 3.93. The van der Waals surface area contributed by atoms with Crippen LogP contribution in [0.4, 0.5) is 5.69 Å². The van der Waals surface area contributed by atoms with Gasteiger partial charge in [0.1, 0.15) is 0 Å². The molecule has 0 saturated heterocycles. The van der Waals surface area contributed by atoms with Crippen LogP contribution in [0.25, 0.3) is 0 Å². The Kier molecular flexibility index (Phi) is 5.23. The van der Waals surface area contributed by atoms with Gasteiger partial charge in [-0.25, -0.2) is 0 Å². The first-order valence-corrected chi connectivity index (χ1v) is 8.03. The zero-order chi connectivity index (χ0) is 16.9. The quantitative estimate of drug-likeness (QED) is 0.911. The molecule has 0 saturated carbocycles. The van der Waals surface area contributed by atoms with E-state index < -0.39 is 0 Å². The monoisotopic (exact) mass is 347 g/mol. The van der Waals surface area contributed by atoms with Gasteiger partial charge in [-0.1, -0.05) is 23.7 Å². The normalized spacial score (nSPS) is 13.2. The molecule has 126 valence electrons. The highest BCUT2D eigenvalue weighted by atomic mass is 35.5. The van der Waals surface area contributed by atoms with E-state index in [1.807, 2.05) is 12.1 Å². The minimum Gasteiger partial charge on any atom is -0.490 e. The van der Waals surface area contributed by atoms with Crippen molar-refractivity contribution in [3.05, 3.63) is 52.5 Å². The molecule has 2 aromatic rings. The third-order valence-electron chi connectivity index (χ3n) is 3.61. The van der Waals surface area contributed by atoms with Gasteiger partial charge in [-0.3, -0.25) is 4.79 Å². The molecule has 0 atom stereocenters. The van der Waals surface area contributed by atoms with Crippen LogP contribution < -0.4 is 14.8 Å². The van der Waals surface area contributed by atoms with E-state index in [1.54, 1.807) is 31.4 Å². The second kappa shape index (κ2) is 7.55. The summed E-state index contributed by atoms with van der Waals surface area (Å²) >= 11 is 6.25. The van der Waals surface area contributed by atoms with E-state index in [0.717, 1.165) is 12.0 Å². The van der Waals surface area contributed by atoms with Crippen molar-refractivity contribution in [2.75, 3.05) is 25.6 Å². The third kappa shape index (κ3) is 3.80. The van der Waals surface area contributed by atoms with Crippen LogP contribution in [0.5, 0.6) is 11.5 Å². The zero-order valence-corrected chi connectivity index (χ0v) is 14.1. The predicted octanol–water partition coefficient (Wildman–Crippen LogP) is 3.90. The summed E-state index contributed by atoms with van der Waals surface area (Å²) in [4.78, 5) is 12.4. The van der Waals surface area contributed by atoms with Crippen molar-refractivity contribution in [1.29, 1.82) is 0 Å². The number of fused-ring (bicyclic) bond motifs is 1. The molecule has 2 aromatic carbocycles. The van der Waals surface area contributed by atoms with Crippen molar-refractivity contribution >= 4 is 23.2 Å². The summed E-state index contributed by atoms with van der Waals surface area (Å²) in [5, 5.41) is 3.22. The lowest BCUT2D eigenvalue weighted by Crippen LogP contribution is -2.12. The molecular weight excluding hydrogens is 330 g/mol. The molecule has 0 aliphatic carbocycles. The van der Waals surface area contributed by atoms with E-state index >= 15 is 0 Å². The van der Waals surface area contributed by atoms with Crippen molar-refractivity contribution in [2.45, 2.75) is 13.0 Å². The maximum absolute atomic E-state index is 12.4. The van der Waals surface area contributed by atoms with Gasteiger partial charge in [0.25, 0.3) is 5.91 Å². The Morgan fingerprint density at radius 1 is 1.17 bits per heavy atom. The number of ether oxygens (including phenoxy) is 3. The number of carbonyl (C=O) groups excluding carboxylic acids is 1. The molecule has 1 aliphatic rings. The SMILES string of the molecule is COCc1ccc(C(=O)Nc2cc3c(cc2Cl)OCCCO3)cc1. The molecule has 0 radical (unpaired) electrons. The van der Waals surface area contributed by atoms with Crippen LogP contribution >= 0.6 is 11.6 Å². The molecule has 0 aromatic heterocycles. The molecule has 24 heavy (non-hydrogen) atoms. The summed E-state index contributed by atoms with van der Waals surface area (Å²) in [6, 6.07) is 10.6. The fraction of sp³-hybridized carbons (Fsp3) is 0.278. The van der Waals surface area contributed by atoms with E-state index in [4.69, 9.17) is 25.8 Å². The highest BCUT2D eigenvalue weighted by Crippen LogP contribution is 2.37. The number of benzene rings is 2. The van der Waals surface area contributed by atoms with Crippen LogP contribution in [0.1, 0.15) is 22.3 Å². The summed E-state index contributed by atoms with van der Waals surface area (Å²) in [7, 11) is 1.63. The van der Waals surface area contributed by atoms with Gasteiger partial charge in [0.2, 0.25) is 0 Å². The smallest absolute Gasteiger partial charge is 0.255 e. The van der Waals surface area contributed by atoms with Crippen LogP contribution in [0.3, 0.4) is 0 Å². The molecule has 6 heteroatoms. The highest BCUT2D eigenvalue weighted by molar-refractivity contribution is 6.34. The van der Waals surface area contributed by atoms with E-state index in [-0.39, 0.29) is 5.91 Å². The van der Waals surface area contributed by atoms with Crippen LogP contribution in [0, 0.1) is 0 Å². The number of halogens is 1. The maximum atomic E-state index is 12.4. The molecule has 3 rings (SSSR count). The van der Waals surface area contributed by atoms with E-state index in [2.05, 4.69) is 5.32 Å². The van der Waals surface area contributed by atoms with E-state index in [1.165, 1.54) is 0 Å². The second-order valence-corrected chi connectivity index (χ2v) is 5.82. The molecule has 0 spiro atoms. The van der Waals surface area contributed by atoms with Crippen molar-refractivity contribution in [2.24, 2.45) is 0 Å². The highest BCUT2D eigenvalue weighted by Gasteiger charge is 2.16. The van der Waals surface area contributed by atoms with Gasteiger partial charge in [0.15, 0.2) is 11.5 Å². The lowest BCUT2D eigenvalue weighted by atomic mass is 10.1. The zero-order valence-electron chi connectivity index (χ0n) is 13.3. The van der Waals surface area contributed by atoms with Crippen LogP contribution in [0.2, 0.25) is 5.02 Å². The Labute approximate surface area is 145 Å². The van der Waals surface area contributed by atoms with Gasteiger partial charge >= 0.3 is 0 Å². The predicted molar refractivity (Wildman–Crippen MR) is 92.2 cm³/mol. The maximum Gasteiger partial charge on any atom is 0.255 e. The summed E-state index contributed by atoms with van der Waals surface area (Å²) < 4.78 is 16.3. The van der Waals surface area contributed by atoms with Crippen LogP contribution in [0.15, 0.2) is 36.4 Å². The second-order valence-electron chi connectivity index (χ2n) is 5.41. The lowest BCUT2D eigenvalue weighted by molar-refractivity contribution is 0.102. The minimum absolute atomic E-state index is 0.240. The van der Waals surface area contributed by atoms with Crippen LogP contribution in [-0.2, 0) is 11.3 Å². The number of hydrogen-bond acceptors (Lipinski definition) is 4. The Morgan fingerprint density at radius 3 is 2.50 bits per heavy atom. The fourth-order valence-corrected chi connectivity index (χ4v) is 2.59. The Balaban J connectivity index is 1.77. The standard InChI is InChI=1S/C18H18ClNO4/c1-22-11-12-3-5-13(6-4-12)18(21)20-15-10-17-16(9-14(15)19)23-7-2-8-24-17/h3-6,9-10H,2,7-8,11H2,1H3,(H,20,21). The molecular formula is C18H18ClNO4. The molecule has 1 aliphatic heterocycles. The minimum atomic E-state index is -0.240. The Morgan fingerprint density at radius 2 is 1.83 bits per heavy atom. The first-order chi connectivity index (χ1) is 11.7. The number of anilines is 1. The first-order valence-electron chi connectivity index (χ1n) is 7.66. The average molecular weight is 348 g/mol. The Bertz CT molecular complexity index is 731. The largest absolute Gasteiger partial charge is 0.490 e. The van der Waals surface area contributed by atoms with Crippen LogP contribution in [-0.4, -0.2) is 26.2 Å². The fourth-order valence-electron chi connectivity index (χ4n) is 2.39. The first kappa shape index (κ1) is 16.6. The number of methoxy groups -OCH3 is 1. The topological polar surface area (TPSA) is 56.8 Å². The Hall–Kier alpha value is -2.24. The van der Waals surface area contributed by atoms with Crippen molar-refractivity contribution in [3.63, 3.8) is 0 Å². The number of rotatable bonds is 4. The molecule has 1 N–H and O–H groups in total. The van der Waals surface area contributed by atoms with Gasteiger partial charge < -0.3 is 19.5 Å². The summed E-state index contributed by atoms with van der Waals surface area (Å²) in [5.74, 6) is 0.942. The van der Waals surface area contributed by atoms with Gasteiger partial charge in [-0.15, -0.1) is 0 Å². The van der Waals surface area contributed by atoms with Crippen molar-refractivity contribution in [3.8, 4) is 11.5 Å². The van der Waals surface area contributed by atoms with Gasteiger partial charge in [-0.05, 0) is 17.7 Å². The molecule has 0 fully saturated rings. The molecule has 5 nitrogen and oxygen atoms in total. The number of nitrogens with one attached hydrogen (secondary N) is 1. The van der Waals surface area contributed by atoms with Crippen molar-refractivity contribution in [1.82, 2.24) is 0 Å². The van der Waals surface area contributed by atoms with Crippen molar-refractivity contribution < 1.29 is 19.0 Å². The van der Waals surface area contributed by atoms with Gasteiger partial charge in [0, 0.05) is 31.2 Å². The molecule has 0 bridgehead atoms. The molecule has 1 amide bonds. The summed E-state index contributed by atoms with van der Waals surface area (Å²) in [5.41, 5.74) is 2.03. The lowest BCUT2D eigenvalue weighted by Gasteiger charge is -2.12. The summed E-state index contributed by atoms with van der Waals surface area (Å²) in [6.45, 7) is 1.67. The van der Waals surface area contributed by atoms with E-state index in [9.17, 15) is 4.79 Å². The molecule has 1 heterocycles. The molecule has 0 unspecified atom stereocenters. The number of amides is 1. The number of carbonyl (C=O) groups is 1. The average Bonchev–Trinajstić information content (AvgIpc) is 2.81. The number of hydrogen-bond donors (Lipinski definition) is 1. The van der Waals surface area contributed by atoms with E-state index in [0.29, 0.717) is 47.6 Å².